The second kappa shape index (κ2) is 9.28. The second-order valence-electron chi connectivity index (χ2n) is 11.8. The minimum absolute atomic E-state index is 0.209. The van der Waals surface area contributed by atoms with Crippen molar-refractivity contribution in [3.63, 3.8) is 0 Å². The zero-order valence-corrected chi connectivity index (χ0v) is 22.3. The lowest BCUT2D eigenvalue weighted by Crippen LogP contribution is -2.49. The van der Waals surface area contributed by atoms with Crippen molar-refractivity contribution in [3.05, 3.63) is 64.7 Å². The van der Waals surface area contributed by atoms with Gasteiger partial charge in [-0.25, -0.2) is 0 Å². The number of aryl methyl sites for hydroxylation is 1. The topological polar surface area (TPSA) is 32.8 Å². The molecule has 4 heteroatoms. The van der Waals surface area contributed by atoms with E-state index in [2.05, 4.69) is 74.8 Å². The Kier molecular flexibility index (Phi) is 6.46. The number of ether oxygens (including phenoxy) is 1. The van der Waals surface area contributed by atoms with E-state index in [4.69, 9.17) is 4.74 Å². The number of carbonyl (C=O) groups is 1. The maximum absolute atomic E-state index is 13.1. The SMILES string of the molecule is Cc1cccc(C(=O)N2CCC(N3CCC4(CC3)CC4(C)c3ccc(OC(C)C)cc3)CC2)c1C. The summed E-state index contributed by atoms with van der Waals surface area (Å²) in [5, 5.41) is 0. The third-order valence-corrected chi connectivity index (χ3v) is 9.46. The van der Waals surface area contributed by atoms with Gasteiger partial charge in [0.2, 0.25) is 0 Å². The molecule has 1 atom stereocenters. The first kappa shape index (κ1) is 24.4. The molecular weight excluding hydrogens is 432 g/mol. The lowest BCUT2D eigenvalue weighted by Gasteiger charge is -2.43. The van der Waals surface area contributed by atoms with Gasteiger partial charge in [0, 0.05) is 24.7 Å². The highest BCUT2D eigenvalue weighted by Gasteiger charge is 2.64. The molecule has 2 aromatic carbocycles. The molecule has 2 heterocycles. The van der Waals surface area contributed by atoms with Gasteiger partial charge in [-0.3, -0.25) is 4.79 Å². The van der Waals surface area contributed by atoms with Crippen LogP contribution >= 0.6 is 0 Å². The first-order valence-corrected chi connectivity index (χ1v) is 13.6. The van der Waals surface area contributed by atoms with Crippen LogP contribution in [0.2, 0.25) is 0 Å². The lowest BCUT2D eigenvalue weighted by atomic mass is 9.80. The van der Waals surface area contributed by atoms with Gasteiger partial charge in [0.1, 0.15) is 5.75 Å². The van der Waals surface area contributed by atoms with Crippen LogP contribution in [0.5, 0.6) is 5.75 Å². The van der Waals surface area contributed by atoms with Crippen LogP contribution in [0.1, 0.15) is 79.9 Å². The van der Waals surface area contributed by atoms with E-state index < -0.39 is 0 Å². The summed E-state index contributed by atoms with van der Waals surface area (Å²) in [5.41, 5.74) is 5.43. The van der Waals surface area contributed by atoms with E-state index in [1.807, 2.05) is 12.1 Å². The van der Waals surface area contributed by atoms with Crippen LogP contribution in [-0.2, 0) is 5.41 Å². The van der Waals surface area contributed by atoms with Crippen LogP contribution in [0.15, 0.2) is 42.5 Å². The van der Waals surface area contributed by atoms with Gasteiger partial charge in [0.25, 0.3) is 5.91 Å². The second-order valence-corrected chi connectivity index (χ2v) is 11.8. The number of hydrogen-bond donors (Lipinski definition) is 0. The molecule has 1 saturated carbocycles. The summed E-state index contributed by atoms with van der Waals surface area (Å²) in [6.45, 7) is 14.9. The molecule has 2 aromatic rings. The molecule has 35 heavy (non-hydrogen) atoms. The fraction of sp³-hybridized carbons (Fsp3) is 0.581. The Morgan fingerprint density at radius 3 is 2.26 bits per heavy atom. The first-order chi connectivity index (χ1) is 16.7. The number of hydrogen-bond acceptors (Lipinski definition) is 3. The van der Waals surface area contributed by atoms with Crippen LogP contribution in [0.3, 0.4) is 0 Å². The Morgan fingerprint density at radius 2 is 1.63 bits per heavy atom. The maximum Gasteiger partial charge on any atom is 0.254 e. The predicted molar refractivity (Wildman–Crippen MR) is 142 cm³/mol. The van der Waals surface area contributed by atoms with E-state index in [-0.39, 0.29) is 12.0 Å². The van der Waals surface area contributed by atoms with Crippen LogP contribution < -0.4 is 4.74 Å². The summed E-state index contributed by atoms with van der Waals surface area (Å²) in [4.78, 5) is 17.9. The molecule has 4 nitrogen and oxygen atoms in total. The van der Waals surface area contributed by atoms with Gasteiger partial charge >= 0.3 is 0 Å². The van der Waals surface area contributed by atoms with Crippen molar-refractivity contribution < 1.29 is 9.53 Å². The number of carbonyl (C=O) groups excluding carboxylic acids is 1. The molecule has 3 aliphatic rings. The molecule has 1 spiro atoms. The summed E-state index contributed by atoms with van der Waals surface area (Å²) in [6.07, 6.45) is 6.28. The largest absolute Gasteiger partial charge is 0.491 e. The summed E-state index contributed by atoms with van der Waals surface area (Å²) in [5.74, 6) is 1.18. The van der Waals surface area contributed by atoms with Crippen LogP contribution in [0.25, 0.3) is 0 Å². The molecule has 2 saturated heterocycles. The van der Waals surface area contributed by atoms with Gasteiger partial charge < -0.3 is 14.5 Å². The summed E-state index contributed by atoms with van der Waals surface area (Å²) in [6, 6.07) is 15.6. The fourth-order valence-corrected chi connectivity index (χ4v) is 6.85. The van der Waals surface area contributed by atoms with Crippen molar-refractivity contribution >= 4 is 5.91 Å². The Labute approximate surface area is 211 Å². The van der Waals surface area contributed by atoms with Crippen LogP contribution in [0, 0.1) is 19.3 Å². The number of piperidine rings is 2. The van der Waals surface area contributed by atoms with Crippen LogP contribution in [0.4, 0.5) is 0 Å². The molecule has 3 fully saturated rings. The molecule has 1 amide bonds. The van der Waals surface area contributed by atoms with Crippen molar-refractivity contribution in [3.8, 4) is 5.75 Å². The van der Waals surface area contributed by atoms with Gasteiger partial charge in [-0.2, -0.15) is 0 Å². The van der Waals surface area contributed by atoms with Crippen LogP contribution in [-0.4, -0.2) is 54.0 Å². The molecule has 0 N–H and O–H groups in total. The van der Waals surface area contributed by atoms with E-state index in [0.29, 0.717) is 16.9 Å². The van der Waals surface area contributed by atoms with E-state index in [0.717, 1.165) is 42.8 Å². The molecule has 188 valence electrons. The molecule has 0 aromatic heterocycles. The van der Waals surface area contributed by atoms with E-state index in [1.54, 1.807) is 0 Å². The number of benzene rings is 2. The van der Waals surface area contributed by atoms with Gasteiger partial charge in [0.05, 0.1) is 6.10 Å². The molecule has 0 bridgehead atoms. The van der Waals surface area contributed by atoms with Gasteiger partial charge in [-0.05, 0) is 119 Å². The highest BCUT2D eigenvalue weighted by molar-refractivity contribution is 5.96. The molecule has 2 aliphatic heterocycles. The first-order valence-electron chi connectivity index (χ1n) is 13.6. The van der Waals surface area contributed by atoms with Crippen molar-refractivity contribution in [1.82, 2.24) is 9.80 Å². The minimum Gasteiger partial charge on any atom is -0.491 e. The average molecular weight is 475 g/mol. The van der Waals surface area contributed by atoms with E-state index in [9.17, 15) is 4.79 Å². The van der Waals surface area contributed by atoms with E-state index in [1.165, 1.54) is 43.5 Å². The van der Waals surface area contributed by atoms with Gasteiger partial charge in [0.15, 0.2) is 0 Å². The highest BCUT2D eigenvalue weighted by Crippen LogP contribution is 2.69. The third-order valence-electron chi connectivity index (χ3n) is 9.46. The summed E-state index contributed by atoms with van der Waals surface area (Å²) in [7, 11) is 0. The zero-order chi connectivity index (χ0) is 24.8. The summed E-state index contributed by atoms with van der Waals surface area (Å²) >= 11 is 0. The van der Waals surface area contributed by atoms with Gasteiger partial charge in [-0.1, -0.05) is 31.2 Å². The number of rotatable bonds is 5. The van der Waals surface area contributed by atoms with Crippen molar-refractivity contribution in [2.24, 2.45) is 5.41 Å². The quantitative estimate of drug-likeness (QED) is 0.522. The highest BCUT2D eigenvalue weighted by atomic mass is 16.5. The standard InChI is InChI=1S/C31H42N2O2/c1-22(2)35-27-11-9-25(10-12-27)30(5)21-31(30)15-19-32(20-16-31)26-13-17-33(18-14-26)29(34)28-8-6-7-23(3)24(28)4/h6-12,22,26H,13-21H2,1-5H3. The Hall–Kier alpha value is -2.33. The Bertz CT molecular complexity index is 1060. The van der Waals surface area contributed by atoms with E-state index >= 15 is 0 Å². The smallest absolute Gasteiger partial charge is 0.254 e. The molecular formula is C31H42N2O2. The van der Waals surface area contributed by atoms with Crippen molar-refractivity contribution in [2.75, 3.05) is 26.2 Å². The zero-order valence-electron chi connectivity index (χ0n) is 22.3. The number of amides is 1. The Balaban J connectivity index is 1.14. The normalized spacial score (nSPS) is 24.7. The fourth-order valence-electron chi connectivity index (χ4n) is 6.85. The number of nitrogens with zero attached hydrogens (tertiary/aromatic N) is 2. The van der Waals surface area contributed by atoms with Gasteiger partial charge in [-0.15, -0.1) is 0 Å². The minimum atomic E-state index is 0.209. The Morgan fingerprint density at radius 1 is 0.971 bits per heavy atom. The van der Waals surface area contributed by atoms with Crippen molar-refractivity contribution in [1.29, 1.82) is 0 Å². The molecule has 0 radical (unpaired) electrons. The molecule has 1 aliphatic carbocycles. The van der Waals surface area contributed by atoms with Crippen molar-refractivity contribution in [2.45, 2.75) is 84.3 Å². The lowest BCUT2D eigenvalue weighted by molar-refractivity contribution is 0.0517. The monoisotopic (exact) mass is 474 g/mol. The third kappa shape index (κ3) is 4.50. The average Bonchev–Trinajstić information content (AvgIpc) is 3.44. The molecule has 5 rings (SSSR count). The predicted octanol–water partition coefficient (Wildman–Crippen LogP) is 6.14. The number of likely N-dealkylation sites (tertiary alicyclic amines) is 2. The molecule has 1 unspecified atom stereocenters. The maximum atomic E-state index is 13.1. The summed E-state index contributed by atoms with van der Waals surface area (Å²) < 4.78 is 5.85.